The maximum Gasteiger partial charge on any atom is 0.252 e. The van der Waals surface area contributed by atoms with Crippen LogP contribution in [-0.4, -0.2) is 53.6 Å². The molecule has 1 aliphatic heterocycles. The third-order valence-electron chi connectivity index (χ3n) is 6.86. The molecule has 5 N–H and O–H groups in total. The zero-order chi connectivity index (χ0) is 27.2. The molecule has 0 radical (unpaired) electrons. The number of nitrogens with zero attached hydrogens (tertiary/aromatic N) is 1. The van der Waals surface area contributed by atoms with E-state index in [4.69, 9.17) is 10.1 Å². The number of pyridine rings is 1. The van der Waals surface area contributed by atoms with Crippen LogP contribution in [0.1, 0.15) is 53.6 Å². The summed E-state index contributed by atoms with van der Waals surface area (Å²) in [5.74, 6) is 0. The normalized spacial score (nSPS) is 15.0. The summed E-state index contributed by atoms with van der Waals surface area (Å²) >= 11 is 0. The summed E-state index contributed by atoms with van der Waals surface area (Å²) < 4.78 is 5.45. The molecule has 2 aromatic carbocycles. The van der Waals surface area contributed by atoms with E-state index in [1.807, 2.05) is 45.9 Å². The molecular weight excluding hydrogens is 478 g/mol. The Bertz CT molecular complexity index is 1310. The van der Waals surface area contributed by atoms with Crippen LogP contribution in [0.2, 0.25) is 0 Å². The van der Waals surface area contributed by atoms with Crippen LogP contribution in [0.5, 0.6) is 0 Å². The van der Waals surface area contributed by atoms with E-state index >= 15 is 0 Å². The van der Waals surface area contributed by atoms with Crippen LogP contribution in [-0.2, 0) is 17.8 Å². The monoisotopic (exact) mass is 517 g/mol. The first-order chi connectivity index (χ1) is 18.2. The van der Waals surface area contributed by atoms with Gasteiger partial charge in [-0.1, -0.05) is 24.3 Å². The number of ether oxygens (including phenoxy) is 1. The molecule has 0 saturated carbocycles. The molecule has 4 rings (SSSR count). The van der Waals surface area contributed by atoms with Crippen molar-refractivity contribution in [1.82, 2.24) is 15.2 Å². The minimum absolute atomic E-state index is 0.145. The van der Waals surface area contributed by atoms with Crippen LogP contribution in [0.3, 0.4) is 0 Å². The lowest BCUT2D eigenvalue weighted by Gasteiger charge is -2.26. The third-order valence-corrected chi connectivity index (χ3v) is 6.86. The highest BCUT2D eigenvalue weighted by atomic mass is 16.5. The number of benzene rings is 2. The van der Waals surface area contributed by atoms with Gasteiger partial charge in [-0.25, -0.2) is 0 Å². The van der Waals surface area contributed by atoms with Crippen molar-refractivity contribution in [2.24, 2.45) is 0 Å². The maximum absolute atomic E-state index is 12.5. The fraction of sp³-hybridized carbons (Fsp3) is 0.400. The number of H-pyrrole nitrogens is 1. The number of aliphatic hydroxyl groups is 1. The molecule has 0 amide bonds. The van der Waals surface area contributed by atoms with Gasteiger partial charge in [0, 0.05) is 66.5 Å². The zero-order valence-electron chi connectivity index (χ0n) is 22.7. The molecule has 202 valence electrons. The van der Waals surface area contributed by atoms with Crippen molar-refractivity contribution < 1.29 is 9.84 Å². The summed E-state index contributed by atoms with van der Waals surface area (Å²) in [6.07, 6.45) is 0.198. The van der Waals surface area contributed by atoms with Gasteiger partial charge in [-0.15, -0.1) is 0 Å². The Morgan fingerprint density at radius 3 is 2.45 bits per heavy atom. The smallest absolute Gasteiger partial charge is 0.252 e. The number of aromatic nitrogens is 1. The van der Waals surface area contributed by atoms with Gasteiger partial charge in [-0.05, 0) is 68.1 Å². The average molecular weight is 518 g/mol. The molecule has 1 fully saturated rings. The van der Waals surface area contributed by atoms with Crippen molar-refractivity contribution in [3.63, 3.8) is 0 Å². The quantitative estimate of drug-likeness (QED) is 0.205. The second kappa shape index (κ2) is 12.5. The Labute approximate surface area is 224 Å². The highest BCUT2D eigenvalue weighted by Gasteiger charge is 2.19. The van der Waals surface area contributed by atoms with Gasteiger partial charge >= 0.3 is 0 Å². The van der Waals surface area contributed by atoms with Crippen molar-refractivity contribution in [1.29, 1.82) is 5.41 Å². The molecule has 0 aliphatic carbocycles. The average Bonchev–Trinajstić information content (AvgIpc) is 2.88. The molecule has 1 saturated heterocycles. The minimum Gasteiger partial charge on any atom is -0.382 e. The molecule has 0 spiro atoms. The number of aliphatic hydroxyl groups excluding tert-OH is 1. The van der Waals surface area contributed by atoms with Crippen molar-refractivity contribution in [3.8, 4) is 11.1 Å². The fourth-order valence-electron chi connectivity index (χ4n) is 4.89. The highest BCUT2D eigenvalue weighted by Crippen LogP contribution is 2.32. The molecule has 8 nitrogen and oxygen atoms in total. The Kier molecular flexibility index (Phi) is 9.12. The van der Waals surface area contributed by atoms with E-state index in [9.17, 15) is 9.90 Å². The lowest BCUT2D eigenvalue weighted by Crippen LogP contribution is -2.35. The second-order valence-electron chi connectivity index (χ2n) is 10.3. The van der Waals surface area contributed by atoms with Gasteiger partial charge in [0.05, 0.1) is 13.2 Å². The van der Waals surface area contributed by atoms with Crippen molar-refractivity contribution in [2.45, 2.75) is 53.1 Å². The summed E-state index contributed by atoms with van der Waals surface area (Å²) in [6.45, 7) is 12.4. The Hall–Kier alpha value is -3.30. The molecule has 8 heteroatoms. The number of aryl methyl sites for hydroxylation is 2. The molecule has 1 atom stereocenters. The van der Waals surface area contributed by atoms with Crippen LogP contribution in [0, 0.1) is 19.3 Å². The number of aromatic amines is 1. The number of rotatable bonds is 10. The van der Waals surface area contributed by atoms with Gasteiger partial charge in [-0.3, -0.25) is 15.0 Å². The van der Waals surface area contributed by atoms with E-state index < -0.39 is 6.23 Å². The Morgan fingerprint density at radius 1 is 1.11 bits per heavy atom. The molecule has 3 aromatic rings. The third kappa shape index (κ3) is 6.76. The van der Waals surface area contributed by atoms with Gasteiger partial charge < -0.3 is 25.6 Å². The van der Waals surface area contributed by atoms with Crippen molar-refractivity contribution >= 4 is 11.9 Å². The number of hydrogen-bond acceptors (Lipinski definition) is 7. The molecule has 38 heavy (non-hydrogen) atoms. The van der Waals surface area contributed by atoms with Gasteiger partial charge in [0.15, 0.2) is 0 Å². The first-order valence-electron chi connectivity index (χ1n) is 13.2. The first-order valence-corrected chi connectivity index (χ1v) is 13.2. The Morgan fingerprint density at radius 2 is 1.82 bits per heavy atom. The van der Waals surface area contributed by atoms with E-state index in [1.54, 1.807) is 0 Å². The summed E-state index contributed by atoms with van der Waals surface area (Å²) in [6, 6.07) is 14.5. The maximum atomic E-state index is 12.5. The van der Waals surface area contributed by atoms with E-state index in [0.717, 1.165) is 60.9 Å². The number of morpholine rings is 1. The minimum atomic E-state index is -1.07. The number of hydrogen-bond donors (Lipinski definition) is 5. The van der Waals surface area contributed by atoms with Gasteiger partial charge in [0.1, 0.15) is 6.23 Å². The van der Waals surface area contributed by atoms with E-state index in [-0.39, 0.29) is 18.1 Å². The summed E-state index contributed by atoms with van der Waals surface area (Å²) in [4.78, 5) is 17.7. The zero-order valence-corrected chi connectivity index (χ0v) is 22.7. The molecule has 1 aromatic heterocycles. The van der Waals surface area contributed by atoms with Crippen molar-refractivity contribution in [3.05, 3.63) is 86.3 Å². The molecule has 0 bridgehead atoms. The standard InChI is InChI=1S/C30H39N5O3/c1-19(2)33-28-15-24(23-7-5-22(6-8-23)18-35-9-11-38-12-10-35)14-25(26(28)16-31)29(36)32-17-27-20(3)13-21(4)34-30(27)37/h5-8,13-16,19,29,31-33,36H,9-12,17-18H2,1-4H3,(H,34,37). The molecule has 1 unspecified atom stereocenters. The largest absolute Gasteiger partial charge is 0.382 e. The lowest BCUT2D eigenvalue weighted by atomic mass is 9.95. The topological polar surface area (TPSA) is 113 Å². The first kappa shape index (κ1) is 27.7. The van der Waals surface area contributed by atoms with Crippen LogP contribution in [0.15, 0.2) is 47.3 Å². The Balaban J connectivity index is 1.62. The summed E-state index contributed by atoms with van der Waals surface area (Å²) in [7, 11) is 0. The predicted octanol–water partition coefficient (Wildman–Crippen LogP) is 4.09. The van der Waals surface area contributed by atoms with E-state index in [1.165, 1.54) is 11.8 Å². The lowest BCUT2D eigenvalue weighted by molar-refractivity contribution is 0.0342. The number of nitrogens with one attached hydrogen (secondary N) is 4. The van der Waals surface area contributed by atoms with Gasteiger partial charge in [-0.2, -0.15) is 0 Å². The molecule has 1 aliphatic rings. The van der Waals surface area contributed by atoms with Crippen molar-refractivity contribution in [2.75, 3.05) is 31.6 Å². The van der Waals surface area contributed by atoms with E-state index in [0.29, 0.717) is 16.7 Å². The van der Waals surface area contributed by atoms with Gasteiger partial charge in [0.25, 0.3) is 5.56 Å². The van der Waals surface area contributed by atoms with Crippen LogP contribution >= 0.6 is 0 Å². The molecule has 2 heterocycles. The number of anilines is 1. The summed E-state index contributed by atoms with van der Waals surface area (Å²) in [5.41, 5.74) is 7.27. The molecular formula is C30H39N5O3. The SMILES string of the molecule is Cc1cc(C)c(CNC(O)c2cc(-c3ccc(CN4CCOCC4)cc3)cc(NC(C)C)c2C=N)c(=O)[nH]1. The van der Waals surface area contributed by atoms with Crippen LogP contribution in [0.25, 0.3) is 11.1 Å². The predicted molar refractivity (Wildman–Crippen MR) is 153 cm³/mol. The van der Waals surface area contributed by atoms with Gasteiger partial charge in [0.2, 0.25) is 0 Å². The summed E-state index contributed by atoms with van der Waals surface area (Å²) in [5, 5.41) is 25.8. The van der Waals surface area contributed by atoms with Crippen LogP contribution < -0.4 is 16.2 Å². The van der Waals surface area contributed by atoms with Crippen LogP contribution in [0.4, 0.5) is 5.69 Å². The highest BCUT2D eigenvalue weighted by molar-refractivity contribution is 5.90. The fourth-order valence-corrected chi connectivity index (χ4v) is 4.89. The van der Waals surface area contributed by atoms with E-state index in [2.05, 4.69) is 44.8 Å². The second-order valence-corrected chi connectivity index (χ2v) is 10.3.